The van der Waals surface area contributed by atoms with Crippen LogP contribution in [0.3, 0.4) is 0 Å². The van der Waals surface area contributed by atoms with Gasteiger partial charge in [0.15, 0.2) is 5.78 Å². The second-order valence-corrected chi connectivity index (χ2v) is 4.64. The molecule has 0 amide bonds. The first kappa shape index (κ1) is 12.5. The monoisotopic (exact) mass is 243 g/mol. The molecule has 0 bridgehead atoms. The molecule has 0 spiro atoms. The zero-order valence-corrected chi connectivity index (χ0v) is 10.9. The van der Waals surface area contributed by atoms with E-state index in [1.54, 1.807) is 6.07 Å². The minimum absolute atomic E-state index is 0.00714. The topological polar surface area (TPSA) is 47.8 Å². The van der Waals surface area contributed by atoms with E-state index in [0.717, 1.165) is 11.4 Å². The van der Waals surface area contributed by atoms with Gasteiger partial charge in [-0.15, -0.1) is 0 Å². The van der Waals surface area contributed by atoms with Gasteiger partial charge >= 0.3 is 0 Å². The van der Waals surface area contributed by atoms with Crippen molar-refractivity contribution in [3.05, 3.63) is 47.5 Å². The van der Waals surface area contributed by atoms with Crippen LogP contribution in [0.4, 0.5) is 0 Å². The van der Waals surface area contributed by atoms with Gasteiger partial charge in [0.05, 0.1) is 12.1 Å². The van der Waals surface area contributed by atoms with E-state index in [2.05, 4.69) is 23.9 Å². The molecule has 4 nitrogen and oxygen atoms in total. The average molecular weight is 243 g/mol. The van der Waals surface area contributed by atoms with Crippen LogP contribution in [0, 0.1) is 6.92 Å². The molecule has 0 radical (unpaired) electrons. The van der Waals surface area contributed by atoms with Crippen molar-refractivity contribution in [3.63, 3.8) is 0 Å². The van der Waals surface area contributed by atoms with Crippen LogP contribution >= 0.6 is 0 Å². The van der Waals surface area contributed by atoms with Gasteiger partial charge in [-0.1, -0.05) is 6.07 Å². The summed E-state index contributed by atoms with van der Waals surface area (Å²) in [7, 11) is 0. The number of hydrogen-bond acceptors (Lipinski definition) is 3. The lowest BCUT2D eigenvalue weighted by Gasteiger charge is -2.03. The molecule has 4 heteroatoms. The van der Waals surface area contributed by atoms with Crippen molar-refractivity contribution < 1.29 is 4.79 Å². The smallest absolute Gasteiger partial charge is 0.187 e. The third kappa shape index (κ3) is 2.83. The summed E-state index contributed by atoms with van der Waals surface area (Å²) in [6, 6.07) is 7.67. The van der Waals surface area contributed by atoms with Crippen LogP contribution in [-0.2, 0) is 6.42 Å². The number of ketones is 1. The number of pyridine rings is 1. The van der Waals surface area contributed by atoms with E-state index in [-0.39, 0.29) is 5.78 Å². The van der Waals surface area contributed by atoms with E-state index in [0.29, 0.717) is 18.2 Å². The molecule has 2 aromatic heterocycles. The molecular weight excluding hydrogens is 226 g/mol. The Bertz CT molecular complexity index is 558. The van der Waals surface area contributed by atoms with Crippen molar-refractivity contribution in [2.75, 3.05) is 0 Å². The van der Waals surface area contributed by atoms with Crippen molar-refractivity contribution in [1.29, 1.82) is 0 Å². The maximum Gasteiger partial charge on any atom is 0.187 e. The van der Waals surface area contributed by atoms with E-state index in [4.69, 9.17) is 0 Å². The van der Waals surface area contributed by atoms with Crippen LogP contribution in [0.15, 0.2) is 30.5 Å². The maximum atomic E-state index is 12.0. The highest BCUT2D eigenvalue weighted by atomic mass is 16.1. The highest BCUT2D eigenvalue weighted by Crippen LogP contribution is 2.08. The summed E-state index contributed by atoms with van der Waals surface area (Å²) < 4.78 is 1.85. The van der Waals surface area contributed by atoms with Gasteiger partial charge in [-0.05, 0) is 39.0 Å². The molecule has 0 atom stereocenters. The van der Waals surface area contributed by atoms with Gasteiger partial charge in [-0.3, -0.25) is 14.5 Å². The minimum atomic E-state index is 0.00714. The molecule has 0 aliphatic rings. The number of aromatic nitrogens is 3. The molecule has 0 fully saturated rings. The summed E-state index contributed by atoms with van der Waals surface area (Å²) in [5.74, 6) is 0.00714. The average Bonchev–Trinajstić information content (AvgIpc) is 2.77. The Morgan fingerprint density at radius 2 is 2.11 bits per heavy atom. The van der Waals surface area contributed by atoms with Gasteiger partial charge in [0.25, 0.3) is 0 Å². The third-order valence-electron chi connectivity index (χ3n) is 2.71. The summed E-state index contributed by atoms with van der Waals surface area (Å²) in [5.41, 5.74) is 2.15. The lowest BCUT2D eigenvalue weighted by atomic mass is 10.1. The molecule has 0 saturated carbocycles. The lowest BCUT2D eigenvalue weighted by molar-refractivity contribution is 0.0986. The molecule has 94 valence electrons. The Morgan fingerprint density at radius 3 is 2.72 bits per heavy atom. The van der Waals surface area contributed by atoms with Crippen LogP contribution in [0.2, 0.25) is 0 Å². The lowest BCUT2D eigenvalue weighted by Crippen LogP contribution is -2.08. The molecule has 0 aliphatic heterocycles. The predicted molar refractivity (Wildman–Crippen MR) is 69.6 cm³/mol. The molecule has 2 aromatic rings. The van der Waals surface area contributed by atoms with Crippen LogP contribution in [0.5, 0.6) is 0 Å². The number of hydrogen-bond donors (Lipinski definition) is 0. The molecule has 0 aliphatic carbocycles. The van der Waals surface area contributed by atoms with Crippen molar-refractivity contribution in [2.24, 2.45) is 0 Å². The quantitative estimate of drug-likeness (QED) is 0.775. The van der Waals surface area contributed by atoms with E-state index in [1.165, 1.54) is 0 Å². The Hall–Kier alpha value is -1.97. The minimum Gasteiger partial charge on any atom is -0.292 e. The summed E-state index contributed by atoms with van der Waals surface area (Å²) in [4.78, 5) is 16.3. The molecular formula is C14H17N3O. The molecule has 0 N–H and O–H groups in total. The fraction of sp³-hybridized carbons (Fsp3) is 0.357. The molecule has 2 rings (SSSR count). The van der Waals surface area contributed by atoms with Gasteiger partial charge < -0.3 is 0 Å². The molecule has 0 unspecified atom stereocenters. The van der Waals surface area contributed by atoms with Crippen LogP contribution < -0.4 is 0 Å². The molecule has 0 saturated heterocycles. The zero-order chi connectivity index (χ0) is 13.1. The Kier molecular flexibility index (Phi) is 3.55. The maximum absolute atomic E-state index is 12.0. The molecule has 0 aromatic carbocycles. The van der Waals surface area contributed by atoms with Crippen LogP contribution in [0.25, 0.3) is 0 Å². The Labute approximate surface area is 107 Å². The van der Waals surface area contributed by atoms with Gasteiger partial charge in [0, 0.05) is 17.9 Å². The van der Waals surface area contributed by atoms with Crippen LogP contribution in [0.1, 0.15) is 41.8 Å². The standard InChI is InChI=1S/C14H17N3O/c1-10(2)17-8-7-12(16-17)9-14(18)13-6-4-5-11(3)15-13/h4-8,10H,9H2,1-3H3. The third-order valence-corrected chi connectivity index (χ3v) is 2.71. The van der Waals surface area contributed by atoms with Crippen molar-refractivity contribution in [2.45, 2.75) is 33.2 Å². The van der Waals surface area contributed by atoms with Gasteiger partial charge in [-0.2, -0.15) is 5.10 Å². The first-order chi connectivity index (χ1) is 8.56. The van der Waals surface area contributed by atoms with E-state index in [1.807, 2.05) is 36.0 Å². The van der Waals surface area contributed by atoms with Crippen molar-refractivity contribution in [3.8, 4) is 0 Å². The first-order valence-electron chi connectivity index (χ1n) is 6.07. The number of carbonyl (C=O) groups is 1. The van der Waals surface area contributed by atoms with Crippen molar-refractivity contribution in [1.82, 2.24) is 14.8 Å². The SMILES string of the molecule is Cc1cccc(C(=O)Cc2ccn(C(C)C)n2)n1. The normalized spacial score (nSPS) is 10.9. The van der Waals surface area contributed by atoms with E-state index < -0.39 is 0 Å². The fourth-order valence-corrected chi connectivity index (χ4v) is 1.71. The van der Waals surface area contributed by atoms with Gasteiger partial charge in [-0.25, -0.2) is 0 Å². The van der Waals surface area contributed by atoms with E-state index in [9.17, 15) is 4.79 Å². The Morgan fingerprint density at radius 1 is 1.33 bits per heavy atom. The summed E-state index contributed by atoms with van der Waals surface area (Å²) in [6.45, 7) is 5.99. The number of nitrogens with zero attached hydrogens (tertiary/aromatic N) is 3. The zero-order valence-electron chi connectivity index (χ0n) is 10.9. The number of Topliss-reactive ketones (excluding diaryl/α,β-unsaturated/α-hetero) is 1. The predicted octanol–water partition coefficient (Wildman–Crippen LogP) is 2.59. The largest absolute Gasteiger partial charge is 0.292 e. The fourth-order valence-electron chi connectivity index (χ4n) is 1.71. The van der Waals surface area contributed by atoms with Gasteiger partial charge in [0.1, 0.15) is 5.69 Å². The van der Waals surface area contributed by atoms with Gasteiger partial charge in [0.2, 0.25) is 0 Å². The first-order valence-corrected chi connectivity index (χ1v) is 6.07. The van der Waals surface area contributed by atoms with Crippen LogP contribution in [-0.4, -0.2) is 20.5 Å². The number of aryl methyl sites for hydroxylation is 1. The second kappa shape index (κ2) is 5.12. The van der Waals surface area contributed by atoms with Crippen molar-refractivity contribution >= 4 is 5.78 Å². The Balaban J connectivity index is 2.11. The second-order valence-electron chi connectivity index (χ2n) is 4.64. The summed E-state index contributed by atoms with van der Waals surface area (Å²) in [6.07, 6.45) is 2.20. The summed E-state index contributed by atoms with van der Waals surface area (Å²) >= 11 is 0. The highest BCUT2D eigenvalue weighted by molar-refractivity contribution is 5.95. The molecule has 18 heavy (non-hydrogen) atoms. The van der Waals surface area contributed by atoms with E-state index >= 15 is 0 Å². The number of carbonyl (C=O) groups excluding carboxylic acids is 1. The summed E-state index contributed by atoms with van der Waals surface area (Å²) in [5, 5.41) is 4.37. The molecule has 2 heterocycles. The highest BCUT2D eigenvalue weighted by Gasteiger charge is 2.11. The number of rotatable bonds is 4.